The standard InChI is InChI=1S/C13H20N2O9/c1-6(16)14-8(5-10(18)19)11(20)15-7(12(21)22)3-2-4-9(17)13(23)24/h7-9,17H,2-5H2,1H3,(H,14,16)(H,15,20)(H,18,19)(H,21,22)(H,23,24)/t7-,8-,9?/m0/s1. The first-order valence-electron chi connectivity index (χ1n) is 6.97. The number of hydrogen-bond donors (Lipinski definition) is 6. The molecule has 0 aliphatic heterocycles. The predicted octanol–water partition coefficient (Wildman–Crippen LogP) is -1.85. The van der Waals surface area contributed by atoms with Crippen LogP contribution in [-0.4, -0.2) is 68.3 Å². The Morgan fingerprint density at radius 2 is 1.46 bits per heavy atom. The van der Waals surface area contributed by atoms with Gasteiger partial charge in [-0.1, -0.05) is 0 Å². The molecule has 6 N–H and O–H groups in total. The van der Waals surface area contributed by atoms with Crippen LogP contribution < -0.4 is 10.6 Å². The number of carboxylic acids is 3. The summed E-state index contributed by atoms with van der Waals surface area (Å²) in [4.78, 5) is 55.2. The zero-order chi connectivity index (χ0) is 18.9. The number of rotatable bonds is 11. The smallest absolute Gasteiger partial charge is 0.332 e. The number of carbonyl (C=O) groups is 5. The molecular weight excluding hydrogens is 328 g/mol. The molecule has 11 nitrogen and oxygen atoms in total. The molecule has 136 valence electrons. The van der Waals surface area contributed by atoms with Crippen LogP contribution in [0.5, 0.6) is 0 Å². The number of aliphatic hydroxyl groups excluding tert-OH is 1. The lowest BCUT2D eigenvalue weighted by molar-refractivity contribution is -0.147. The van der Waals surface area contributed by atoms with Crippen molar-refractivity contribution in [2.45, 2.75) is 50.8 Å². The van der Waals surface area contributed by atoms with Gasteiger partial charge in [-0.15, -0.1) is 0 Å². The van der Waals surface area contributed by atoms with Gasteiger partial charge in [-0.05, 0) is 19.3 Å². The first kappa shape index (κ1) is 21.3. The number of aliphatic hydroxyl groups is 1. The van der Waals surface area contributed by atoms with E-state index in [0.29, 0.717) is 0 Å². The van der Waals surface area contributed by atoms with Gasteiger partial charge in [0.05, 0.1) is 6.42 Å². The molecule has 1 unspecified atom stereocenters. The number of carboxylic acid groups (broad SMARTS) is 3. The molecule has 0 spiro atoms. The maximum absolute atomic E-state index is 11.9. The minimum absolute atomic E-state index is 0.00551. The largest absolute Gasteiger partial charge is 0.481 e. The van der Waals surface area contributed by atoms with E-state index in [2.05, 4.69) is 10.6 Å². The molecule has 0 aliphatic rings. The Morgan fingerprint density at radius 3 is 1.88 bits per heavy atom. The summed E-state index contributed by atoms with van der Waals surface area (Å²) in [5, 5.41) is 39.6. The molecule has 0 radical (unpaired) electrons. The van der Waals surface area contributed by atoms with E-state index < -0.39 is 54.3 Å². The van der Waals surface area contributed by atoms with Crippen LogP contribution in [0.4, 0.5) is 0 Å². The van der Waals surface area contributed by atoms with Crippen LogP contribution in [0.3, 0.4) is 0 Å². The summed E-state index contributed by atoms with van der Waals surface area (Å²) in [5.41, 5.74) is 0. The van der Waals surface area contributed by atoms with Gasteiger partial charge in [0.1, 0.15) is 12.1 Å². The Labute approximate surface area is 136 Å². The molecule has 0 aliphatic carbocycles. The summed E-state index contributed by atoms with van der Waals surface area (Å²) in [6.07, 6.45) is -2.76. The van der Waals surface area contributed by atoms with Crippen molar-refractivity contribution in [1.82, 2.24) is 10.6 Å². The van der Waals surface area contributed by atoms with Crippen molar-refractivity contribution < 1.29 is 44.4 Å². The van der Waals surface area contributed by atoms with Gasteiger partial charge in [-0.2, -0.15) is 0 Å². The van der Waals surface area contributed by atoms with E-state index in [1.807, 2.05) is 0 Å². The number of aliphatic carboxylic acids is 3. The summed E-state index contributed by atoms with van der Waals surface area (Å²) in [5.74, 6) is -5.87. The van der Waals surface area contributed by atoms with Crippen molar-refractivity contribution in [2.24, 2.45) is 0 Å². The van der Waals surface area contributed by atoms with Crippen molar-refractivity contribution in [3.05, 3.63) is 0 Å². The second kappa shape index (κ2) is 10.2. The lowest BCUT2D eigenvalue weighted by atomic mass is 10.1. The number of hydrogen-bond acceptors (Lipinski definition) is 6. The molecule has 24 heavy (non-hydrogen) atoms. The molecule has 0 bridgehead atoms. The highest BCUT2D eigenvalue weighted by atomic mass is 16.4. The highest BCUT2D eigenvalue weighted by Crippen LogP contribution is 2.06. The summed E-state index contributed by atoms with van der Waals surface area (Å²) in [7, 11) is 0. The topological polar surface area (TPSA) is 190 Å². The molecule has 0 saturated heterocycles. The van der Waals surface area contributed by atoms with E-state index in [1.165, 1.54) is 0 Å². The molecule has 0 aromatic heterocycles. The molecule has 0 fully saturated rings. The average molecular weight is 348 g/mol. The van der Waals surface area contributed by atoms with Crippen LogP contribution in [0.15, 0.2) is 0 Å². The van der Waals surface area contributed by atoms with E-state index in [1.54, 1.807) is 0 Å². The minimum Gasteiger partial charge on any atom is -0.481 e. The summed E-state index contributed by atoms with van der Waals surface area (Å²) in [6, 6.07) is -2.85. The molecule has 2 amide bonds. The molecule has 0 rings (SSSR count). The van der Waals surface area contributed by atoms with Crippen LogP contribution in [0.1, 0.15) is 32.6 Å². The second-order valence-corrected chi connectivity index (χ2v) is 5.04. The van der Waals surface area contributed by atoms with Crippen LogP contribution in [0.2, 0.25) is 0 Å². The molecule has 0 aromatic rings. The van der Waals surface area contributed by atoms with Crippen molar-refractivity contribution in [3.63, 3.8) is 0 Å². The number of carbonyl (C=O) groups excluding carboxylic acids is 2. The molecule has 0 aromatic carbocycles. The first-order chi connectivity index (χ1) is 11.0. The van der Waals surface area contributed by atoms with Gasteiger partial charge in [0.2, 0.25) is 11.8 Å². The number of amides is 2. The number of nitrogens with one attached hydrogen (secondary N) is 2. The fourth-order valence-corrected chi connectivity index (χ4v) is 1.80. The first-order valence-corrected chi connectivity index (χ1v) is 6.97. The quantitative estimate of drug-likeness (QED) is 0.249. The van der Waals surface area contributed by atoms with Crippen molar-refractivity contribution in [2.75, 3.05) is 0 Å². The lowest BCUT2D eigenvalue weighted by Crippen LogP contribution is -2.52. The van der Waals surface area contributed by atoms with Gasteiger partial charge in [-0.3, -0.25) is 14.4 Å². The maximum atomic E-state index is 11.9. The van der Waals surface area contributed by atoms with E-state index in [0.717, 1.165) is 6.92 Å². The van der Waals surface area contributed by atoms with E-state index >= 15 is 0 Å². The Kier molecular flexibility index (Phi) is 9.02. The molecule has 3 atom stereocenters. The van der Waals surface area contributed by atoms with Crippen molar-refractivity contribution in [3.8, 4) is 0 Å². The van der Waals surface area contributed by atoms with Gasteiger partial charge in [0.15, 0.2) is 6.10 Å². The fourth-order valence-electron chi connectivity index (χ4n) is 1.80. The summed E-state index contributed by atoms with van der Waals surface area (Å²) in [6.45, 7) is 1.07. The van der Waals surface area contributed by atoms with E-state index in [-0.39, 0.29) is 19.3 Å². The van der Waals surface area contributed by atoms with E-state index in [9.17, 15) is 24.0 Å². The summed E-state index contributed by atoms with van der Waals surface area (Å²) < 4.78 is 0. The monoisotopic (exact) mass is 348 g/mol. The SMILES string of the molecule is CC(=O)N[C@@H](CC(=O)O)C(=O)N[C@@H](CCCC(O)C(=O)O)C(=O)O. The molecule has 11 heteroatoms. The minimum atomic E-state index is -1.64. The maximum Gasteiger partial charge on any atom is 0.332 e. The van der Waals surface area contributed by atoms with Gasteiger partial charge in [-0.25, -0.2) is 9.59 Å². The van der Waals surface area contributed by atoms with Gasteiger partial charge >= 0.3 is 17.9 Å². The third-order valence-electron chi connectivity index (χ3n) is 2.94. The highest BCUT2D eigenvalue weighted by molar-refractivity contribution is 5.92. The van der Waals surface area contributed by atoms with Gasteiger partial charge in [0, 0.05) is 6.92 Å². The second-order valence-electron chi connectivity index (χ2n) is 5.04. The Morgan fingerprint density at radius 1 is 0.875 bits per heavy atom. The van der Waals surface area contributed by atoms with E-state index in [4.69, 9.17) is 20.4 Å². The Balaban J connectivity index is 4.73. The normalized spacial score (nSPS) is 14.1. The predicted molar refractivity (Wildman–Crippen MR) is 76.9 cm³/mol. The summed E-state index contributed by atoms with van der Waals surface area (Å²) >= 11 is 0. The average Bonchev–Trinajstić information content (AvgIpc) is 2.43. The van der Waals surface area contributed by atoms with Gasteiger partial charge in [0.25, 0.3) is 0 Å². The third-order valence-corrected chi connectivity index (χ3v) is 2.94. The molecular formula is C13H20N2O9. The van der Waals surface area contributed by atoms with Crippen LogP contribution in [0, 0.1) is 0 Å². The van der Waals surface area contributed by atoms with Crippen molar-refractivity contribution >= 4 is 29.7 Å². The zero-order valence-corrected chi connectivity index (χ0v) is 12.9. The lowest BCUT2D eigenvalue weighted by Gasteiger charge is -2.20. The zero-order valence-electron chi connectivity index (χ0n) is 12.9. The van der Waals surface area contributed by atoms with Crippen LogP contribution >= 0.6 is 0 Å². The fraction of sp³-hybridized carbons (Fsp3) is 0.615. The molecule has 0 heterocycles. The Bertz CT molecular complexity index is 490. The van der Waals surface area contributed by atoms with Crippen LogP contribution in [0.25, 0.3) is 0 Å². The third kappa shape index (κ3) is 8.68. The van der Waals surface area contributed by atoms with Crippen LogP contribution in [-0.2, 0) is 24.0 Å². The molecule has 0 saturated carbocycles. The van der Waals surface area contributed by atoms with Gasteiger partial charge < -0.3 is 31.1 Å². The van der Waals surface area contributed by atoms with Crippen molar-refractivity contribution in [1.29, 1.82) is 0 Å². The highest BCUT2D eigenvalue weighted by Gasteiger charge is 2.27. The Hall–Kier alpha value is -2.69.